The largest absolute Gasteiger partial charge is 0.396 e. The van der Waals surface area contributed by atoms with Gasteiger partial charge < -0.3 is 20.6 Å². The lowest BCUT2D eigenvalue weighted by molar-refractivity contribution is -0.140. The van der Waals surface area contributed by atoms with Crippen LogP contribution in [0.2, 0.25) is 0 Å². The van der Waals surface area contributed by atoms with Crippen molar-refractivity contribution >= 4 is 35.2 Å². The number of nitrogens with one attached hydrogen (secondary N) is 2. The van der Waals surface area contributed by atoms with Crippen LogP contribution in [-0.2, 0) is 14.4 Å². The van der Waals surface area contributed by atoms with Crippen molar-refractivity contribution in [1.82, 2.24) is 10.2 Å². The molecule has 2 bridgehead atoms. The number of amides is 3. The second-order valence-electron chi connectivity index (χ2n) is 10.4. The highest BCUT2D eigenvalue weighted by Crippen LogP contribution is 2.71. The summed E-state index contributed by atoms with van der Waals surface area (Å²) in [5.41, 5.74) is 0.264. The quantitative estimate of drug-likeness (QED) is 0.607. The molecule has 4 rings (SSSR count). The molecule has 174 valence electrons. The summed E-state index contributed by atoms with van der Waals surface area (Å²) < 4.78 is -1.03. The molecule has 0 saturated carbocycles. The van der Waals surface area contributed by atoms with Crippen LogP contribution < -0.4 is 10.6 Å². The Kier molecular flexibility index (Phi) is 5.82. The van der Waals surface area contributed by atoms with Crippen molar-refractivity contribution in [3.63, 3.8) is 0 Å². The van der Waals surface area contributed by atoms with E-state index in [1.807, 2.05) is 51.1 Å². The first-order chi connectivity index (χ1) is 15.0. The predicted octanol–water partition coefficient (Wildman–Crippen LogP) is 2.40. The van der Waals surface area contributed by atoms with Crippen LogP contribution in [0.1, 0.15) is 47.0 Å². The van der Waals surface area contributed by atoms with Crippen molar-refractivity contribution in [2.45, 2.75) is 68.0 Å². The van der Waals surface area contributed by atoms with Crippen molar-refractivity contribution in [3.05, 3.63) is 30.3 Å². The van der Waals surface area contributed by atoms with E-state index in [1.54, 1.807) is 16.7 Å². The summed E-state index contributed by atoms with van der Waals surface area (Å²) in [7, 11) is 0. The number of nitrogens with zero attached hydrogens (tertiary/aromatic N) is 1. The van der Waals surface area contributed by atoms with Crippen LogP contribution in [0.25, 0.3) is 0 Å². The summed E-state index contributed by atoms with van der Waals surface area (Å²) in [6, 6.07) is 8.63. The maximum absolute atomic E-state index is 13.7. The highest BCUT2D eigenvalue weighted by molar-refractivity contribution is 8.02. The van der Waals surface area contributed by atoms with E-state index in [2.05, 4.69) is 17.6 Å². The lowest BCUT2D eigenvalue weighted by atomic mass is 9.66. The number of hydrogen-bond donors (Lipinski definition) is 3. The Morgan fingerprint density at radius 2 is 1.88 bits per heavy atom. The number of aliphatic hydroxyl groups excluding tert-OH is 1. The van der Waals surface area contributed by atoms with Gasteiger partial charge in [0, 0.05) is 29.1 Å². The Morgan fingerprint density at radius 1 is 1.19 bits per heavy atom. The van der Waals surface area contributed by atoms with Crippen LogP contribution in [0.15, 0.2) is 30.3 Å². The molecule has 3 amide bonds. The van der Waals surface area contributed by atoms with E-state index >= 15 is 0 Å². The lowest BCUT2D eigenvalue weighted by Gasteiger charge is -2.36. The van der Waals surface area contributed by atoms with Gasteiger partial charge >= 0.3 is 0 Å². The third-order valence-electron chi connectivity index (χ3n) is 6.90. The van der Waals surface area contributed by atoms with Gasteiger partial charge in [-0.25, -0.2) is 0 Å². The van der Waals surface area contributed by atoms with Crippen molar-refractivity contribution in [1.29, 1.82) is 0 Å². The van der Waals surface area contributed by atoms with Gasteiger partial charge in [0.05, 0.1) is 16.6 Å². The van der Waals surface area contributed by atoms with E-state index < -0.39 is 32.9 Å². The fourth-order valence-electron chi connectivity index (χ4n) is 5.79. The van der Waals surface area contributed by atoms with Gasteiger partial charge in [0.15, 0.2) is 0 Å². The molecular weight excluding hydrogens is 426 g/mol. The van der Waals surface area contributed by atoms with Crippen molar-refractivity contribution < 1.29 is 19.5 Å². The zero-order chi connectivity index (χ0) is 23.3. The van der Waals surface area contributed by atoms with Crippen molar-refractivity contribution in [3.8, 4) is 0 Å². The summed E-state index contributed by atoms with van der Waals surface area (Å²) in [4.78, 5) is 42.3. The Labute approximate surface area is 193 Å². The monoisotopic (exact) mass is 459 g/mol. The molecule has 3 aliphatic heterocycles. The van der Waals surface area contributed by atoms with E-state index in [4.69, 9.17) is 0 Å². The average Bonchev–Trinajstić information content (AvgIpc) is 3.26. The molecule has 2 unspecified atom stereocenters. The number of rotatable bonds is 6. The zero-order valence-electron chi connectivity index (χ0n) is 19.2. The molecule has 3 fully saturated rings. The van der Waals surface area contributed by atoms with Crippen LogP contribution in [0.5, 0.6) is 0 Å². The highest BCUT2D eigenvalue weighted by atomic mass is 32.2. The maximum atomic E-state index is 13.7. The molecule has 3 aliphatic rings. The number of para-hydroxylation sites is 1. The van der Waals surface area contributed by atoms with Gasteiger partial charge in [-0.2, -0.15) is 0 Å². The maximum Gasteiger partial charge on any atom is 0.244 e. The summed E-state index contributed by atoms with van der Waals surface area (Å²) >= 11 is 1.66. The molecular formula is C24H33N3O4S. The van der Waals surface area contributed by atoms with Crippen LogP contribution in [0.3, 0.4) is 0 Å². The predicted molar refractivity (Wildman–Crippen MR) is 125 cm³/mol. The van der Waals surface area contributed by atoms with Crippen molar-refractivity contribution in [2.24, 2.45) is 11.8 Å². The summed E-state index contributed by atoms with van der Waals surface area (Å²) in [5, 5.41) is 15.5. The second kappa shape index (κ2) is 8.06. The molecule has 3 saturated heterocycles. The van der Waals surface area contributed by atoms with Crippen LogP contribution in [0, 0.1) is 11.8 Å². The minimum absolute atomic E-state index is 0.0577. The fourth-order valence-corrected chi connectivity index (χ4v) is 8.14. The fraction of sp³-hybridized carbons (Fsp3) is 0.625. The molecule has 32 heavy (non-hydrogen) atoms. The first-order valence-corrected chi connectivity index (χ1v) is 12.1. The molecule has 8 heteroatoms. The van der Waals surface area contributed by atoms with Crippen molar-refractivity contribution in [2.75, 3.05) is 18.5 Å². The van der Waals surface area contributed by atoms with E-state index in [0.717, 1.165) is 12.8 Å². The summed E-state index contributed by atoms with van der Waals surface area (Å²) in [6.45, 7) is 8.07. The first-order valence-electron chi connectivity index (χ1n) is 11.3. The van der Waals surface area contributed by atoms with Gasteiger partial charge in [0.25, 0.3) is 0 Å². The molecule has 5 atom stereocenters. The summed E-state index contributed by atoms with van der Waals surface area (Å²) in [5.74, 6) is -1.55. The Hall–Kier alpha value is -2.06. The molecule has 1 aromatic rings. The van der Waals surface area contributed by atoms with E-state index in [9.17, 15) is 19.5 Å². The minimum atomic E-state index is -0.646. The standard InChI is InChI=1S/C24H33N3O4S/c1-22(2,3)26-20(30)18-24-12-11-23(4,32-24)16(17(24)21(31)27(18)13-8-14-28)19(29)25-15-9-6-5-7-10-15/h5-7,9-10,16-18,28H,8,11-14H2,1-4H3,(H,25,29)(H,26,30)/t16-,17+,18?,23+,24?/m1/s1. The number of benzene rings is 1. The minimum Gasteiger partial charge on any atom is -0.396 e. The normalized spacial score (nSPS) is 33.3. The number of likely N-dealkylation sites (tertiary alicyclic amines) is 1. The number of aliphatic hydroxyl groups is 1. The van der Waals surface area contributed by atoms with E-state index in [-0.39, 0.29) is 24.3 Å². The van der Waals surface area contributed by atoms with Crippen LogP contribution >= 0.6 is 11.8 Å². The molecule has 0 radical (unpaired) electrons. The number of fused-ring (bicyclic) bond motifs is 1. The third-order valence-corrected chi connectivity index (χ3v) is 8.89. The lowest BCUT2D eigenvalue weighted by Crippen LogP contribution is -2.57. The summed E-state index contributed by atoms with van der Waals surface area (Å²) in [6.07, 6.45) is 1.90. The number of thioether (sulfide) groups is 1. The van der Waals surface area contributed by atoms with Crippen LogP contribution in [-0.4, -0.2) is 62.0 Å². The SMILES string of the molecule is CC(C)(C)NC(=O)C1N(CCCO)C(=O)[C@@H]2[C@H](C(=O)Nc3ccccc3)[C@]3(C)CCC12S3. The Morgan fingerprint density at radius 3 is 2.50 bits per heavy atom. The van der Waals surface area contributed by atoms with Gasteiger partial charge in [-0.15, -0.1) is 11.8 Å². The number of hydrogen-bond acceptors (Lipinski definition) is 5. The molecule has 1 aromatic carbocycles. The molecule has 7 nitrogen and oxygen atoms in total. The second-order valence-corrected chi connectivity index (χ2v) is 12.3. The molecule has 0 aromatic heterocycles. The molecule has 1 spiro atoms. The number of carbonyl (C=O) groups excluding carboxylic acids is 3. The Balaban J connectivity index is 1.70. The third kappa shape index (κ3) is 3.71. The number of anilines is 1. The molecule has 3 N–H and O–H groups in total. The topological polar surface area (TPSA) is 98.7 Å². The van der Waals surface area contributed by atoms with Gasteiger partial charge in [-0.3, -0.25) is 14.4 Å². The van der Waals surface area contributed by atoms with Gasteiger partial charge in [0.1, 0.15) is 6.04 Å². The average molecular weight is 460 g/mol. The number of carbonyl (C=O) groups is 3. The van der Waals surface area contributed by atoms with Gasteiger partial charge in [0.2, 0.25) is 17.7 Å². The molecule has 0 aliphatic carbocycles. The first kappa shape index (κ1) is 23.1. The highest BCUT2D eigenvalue weighted by Gasteiger charge is 2.77. The van der Waals surface area contributed by atoms with Gasteiger partial charge in [-0.1, -0.05) is 18.2 Å². The van der Waals surface area contributed by atoms with Gasteiger partial charge in [-0.05, 0) is 59.1 Å². The van der Waals surface area contributed by atoms with E-state index in [0.29, 0.717) is 18.7 Å². The van der Waals surface area contributed by atoms with E-state index in [1.165, 1.54) is 0 Å². The smallest absolute Gasteiger partial charge is 0.244 e. The molecule has 3 heterocycles. The zero-order valence-corrected chi connectivity index (χ0v) is 20.0. The Bertz CT molecular complexity index is 918. The van der Waals surface area contributed by atoms with Crippen LogP contribution in [0.4, 0.5) is 5.69 Å².